The first kappa shape index (κ1) is 18.6. The summed E-state index contributed by atoms with van der Waals surface area (Å²) in [5.41, 5.74) is 0.452. The molecule has 0 atom stereocenters. The molecule has 0 aromatic carbocycles. The summed E-state index contributed by atoms with van der Waals surface area (Å²) in [7, 11) is 0. The lowest BCUT2D eigenvalue weighted by Gasteiger charge is -2.24. The zero-order valence-electron chi connectivity index (χ0n) is 14.4. The number of carbonyl (C=O) groups excluding carboxylic acids is 2. The fraction of sp³-hybridized carbons (Fsp3) is 0.688. The van der Waals surface area contributed by atoms with Crippen molar-refractivity contribution < 1.29 is 9.59 Å². The number of aryl methyl sites for hydroxylation is 2. The fourth-order valence-corrected chi connectivity index (χ4v) is 2.85. The number of carbonyl (C=O) groups is 2. The highest BCUT2D eigenvalue weighted by molar-refractivity contribution is 7.11. The molecule has 2 amide bonds. The fourth-order valence-electron chi connectivity index (χ4n) is 1.87. The number of nitrogens with one attached hydrogen (secondary N) is 2. The summed E-state index contributed by atoms with van der Waals surface area (Å²) < 4.78 is 0. The van der Waals surface area contributed by atoms with E-state index in [1.165, 1.54) is 0 Å². The van der Waals surface area contributed by atoms with Crippen molar-refractivity contribution in [2.45, 2.75) is 59.9 Å². The molecule has 0 radical (unpaired) electrons. The molecule has 0 aliphatic rings. The average molecular weight is 325 g/mol. The van der Waals surface area contributed by atoms with Crippen LogP contribution in [0.4, 0.5) is 0 Å². The third-order valence-corrected chi connectivity index (χ3v) is 4.81. The Morgan fingerprint density at radius 3 is 2.36 bits per heavy atom. The molecule has 0 saturated carbocycles. The van der Waals surface area contributed by atoms with E-state index in [9.17, 15) is 9.59 Å². The Bertz CT molecular complexity index is 516. The molecule has 0 saturated heterocycles. The number of amides is 2. The van der Waals surface area contributed by atoms with Gasteiger partial charge in [-0.25, -0.2) is 4.98 Å². The Morgan fingerprint density at radius 1 is 1.23 bits per heavy atom. The van der Waals surface area contributed by atoms with Gasteiger partial charge >= 0.3 is 0 Å². The zero-order chi connectivity index (χ0) is 16.9. The van der Waals surface area contributed by atoms with Crippen LogP contribution >= 0.6 is 11.3 Å². The van der Waals surface area contributed by atoms with E-state index in [0.717, 1.165) is 22.0 Å². The summed E-state index contributed by atoms with van der Waals surface area (Å²) in [5.74, 6) is 0.200. The van der Waals surface area contributed by atoms with Gasteiger partial charge in [0.1, 0.15) is 5.01 Å². The monoisotopic (exact) mass is 325 g/mol. The molecule has 0 aliphatic heterocycles. The molecule has 0 spiro atoms. The molecule has 0 bridgehead atoms. The second kappa shape index (κ2) is 7.72. The van der Waals surface area contributed by atoms with Gasteiger partial charge < -0.3 is 10.6 Å². The Balaban J connectivity index is 2.48. The van der Waals surface area contributed by atoms with Crippen molar-refractivity contribution in [2.24, 2.45) is 5.92 Å². The summed E-state index contributed by atoms with van der Waals surface area (Å²) in [6.45, 7) is 12.0. The van der Waals surface area contributed by atoms with Crippen LogP contribution in [0.5, 0.6) is 0 Å². The quantitative estimate of drug-likeness (QED) is 0.809. The van der Waals surface area contributed by atoms with Crippen LogP contribution < -0.4 is 10.6 Å². The van der Waals surface area contributed by atoms with Gasteiger partial charge in [0.2, 0.25) is 11.8 Å². The van der Waals surface area contributed by atoms with E-state index in [4.69, 9.17) is 0 Å². The maximum Gasteiger partial charge on any atom is 0.240 e. The lowest BCUT2D eigenvalue weighted by atomic mass is 10.1. The predicted octanol–water partition coefficient (Wildman–Crippen LogP) is 2.66. The second-order valence-corrected chi connectivity index (χ2v) is 7.75. The third-order valence-electron chi connectivity index (χ3n) is 3.41. The minimum absolute atomic E-state index is 0.00367. The van der Waals surface area contributed by atoms with Crippen LogP contribution in [-0.2, 0) is 15.1 Å². The van der Waals surface area contributed by atoms with Gasteiger partial charge in [-0.05, 0) is 40.0 Å². The standard InChI is InChI=1S/C16H27N3O2S/c1-10(2)7-8-13(20)17-9-14(21)19-16(5,6)15-18-11(3)12(4)22-15/h10H,7-9H2,1-6H3,(H,17,20)(H,19,21). The van der Waals surface area contributed by atoms with Crippen molar-refractivity contribution in [1.29, 1.82) is 0 Å². The van der Waals surface area contributed by atoms with Crippen LogP contribution in [0.2, 0.25) is 0 Å². The molecule has 1 aromatic rings. The van der Waals surface area contributed by atoms with Crippen LogP contribution in [0.3, 0.4) is 0 Å². The zero-order valence-corrected chi connectivity index (χ0v) is 15.2. The van der Waals surface area contributed by atoms with Crippen LogP contribution in [0, 0.1) is 19.8 Å². The molecule has 1 aromatic heterocycles. The smallest absolute Gasteiger partial charge is 0.240 e. The minimum atomic E-state index is -0.538. The SMILES string of the molecule is Cc1nc(C(C)(C)NC(=O)CNC(=O)CCC(C)C)sc1C. The van der Waals surface area contributed by atoms with E-state index in [-0.39, 0.29) is 18.4 Å². The lowest BCUT2D eigenvalue weighted by molar-refractivity contribution is -0.127. The summed E-state index contributed by atoms with van der Waals surface area (Å²) in [4.78, 5) is 29.3. The summed E-state index contributed by atoms with van der Waals surface area (Å²) >= 11 is 1.59. The maximum absolute atomic E-state index is 12.0. The summed E-state index contributed by atoms with van der Waals surface area (Å²) in [5, 5.41) is 6.46. The number of nitrogens with zero attached hydrogens (tertiary/aromatic N) is 1. The third kappa shape index (κ3) is 5.75. The first-order chi connectivity index (χ1) is 10.1. The van der Waals surface area contributed by atoms with Gasteiger partial charge in [-0.1, -0.05) is 13.8 Å². The van der Waals surface area contributed by atoms with Crippen molar-refractivity contribution in [3.05, 3.63) is 15.6 Å². The largest absolute Gasteiger partial charge is 0.347 e. The van der Waals surface area contributed by atoms with Gasteiger partial charge in [-0.3, -0.25) is 9.59 Å². The van der Waals surface area contributed by atoms with Crippen LogP contribution in [0.15, 0.2) is 0 Å². The number of aromatic nitrogens is 1. The molecule has 22 heavy (non-hydrogen) atoms. The Morgan fingerprint density at radius 2 is 1.86 bits per heavy atom. The number of hydrogen-bond acceptors (Lipinski definition) is 4. The molecule has 0 aliphatic carbocycles. The Hall–Kier alpha value is -1.43. The molecule has 6 heteroatoms. The van der Waals surface area contributed by atoms with Crippen LogP contribution in [-0.4, -0.2) is 23.3 Å². The van der Waals surface area contributed by atoms with Crippen LogP contribution in [0.1, 0.15) is 56.1 Å². The van der Waals surface area contributed by atoms with Crippen molar-refractivity contribution in [1.82, 2.24) is 15.6 Å². The van der Waals surface area contributed by atoms with E-state index in [1.807, 2.05) is 27.7 Å². The van der Waals surface area contributed by atoms with Gasteiger partial charge in [-0.15, -0.1) is 11.3 Å². The Labute approximate surface area is 136 Å². The van der Waals surface area contributed by atoms with Gasteiger partial charge in [0.25, 0.3) is 0 Å². The topological polar surface area (TPSA) is 71.1 Å². The van der Waals surface area contributed by atoms with Crippen molar-refractivity contribution in [3.63, 3.8) is 0 Å². The van der Waals surface area contributed by atoms with Gasteiger partial charge in [-0.2, -0.15) is 0 Å². The second-order valence-electron chi connectivity index (χ2n) is 6.54. The molecular formula is C16H27N3O2S. The van der Waals surface area contributed by atoms with E-state index in [2.05, 4.69) is 29.5 Å². The molecule has 0 fully saturated rings. The normalized spacial score (nSPS) is 11.6. The molecule has 1 rings (SSSR count). The van der Waals surface area contributed by atoms with Crippen molar-refractivity contribution >= 4 is 23.2 Å². The minimum Gasteiger partial charge on any atom is -0.347 e. The highest BCUT2D eigenvalue weighted by Crippen LogP contribution is 2.26. The lowest BCUT2D eigenvalue weighted by Crippen LogP contribution is -2.45. The molecule has 1 heterocycles. The van der Waals surface area contributed by atoms with Crippen molar-refractivity contribution in [3.8, 4) is 0 Å². The highest BCUT2D eigenvalue weighted by Gasteiger charge is 2.26. The van der Waals surface area contributed by atoms with Crippen molar-refractivity contribution in [2.75, 3.05) is 6.54 Å². The molecular weight excluding hydrogens is 298 g/mol. The number of rotatable bonds is 7. The predicted molar refractivity (Wildman–Crippen MR) is 89.8 cm³/mol. The van der Waals surface area contributed by atoms with Gasteiger partial charge in [0.15, 0.2) is 0 Å². The van der Waals surface area contributed by atoms with Crippen LogP contribution in [0.25, 0.3) is 0 Å². The molecule has 124 valence electrons. The highest BCUT2D eigenvalue weighted by atomic mass is 32.1. The average Bonchev–Trinajstić information content (AvgIpc) is 2.74. The van der Waals surface area contributed by atoms with E-state index in [0.29, 0.717) is 12.3 Å². The maximum atomic E-state index is 12.0. The first-order valence-corrected chi connectivity index (χ1v) is 8.45. The van der Waals surface area contributed by atoms with E-state index in [1.54, 1.807) is 11.3 Å². The van der Waals surface area contributed by atoms with Gasteiger partial charge in [0, 0.05) is 11.3 Å². The van der Waals surface area contributed by atoms with E-state index >= 15 is 0 Å². The molecule has 0 unspecified atom stereocenters. The summed E-state index contributed by atoms with van der Waals surface area (Å²) in [6, 6.07) is 0. The van der Waals surface area contributed by atoms with Gasteiger partial charge in [0.05, 0.1) is 17.8 Å². The Kier molecular flexibility index (Phi) is 6.53. The number of thiazole rings is 1. The summed E-state index contributed by atoms with van der Waals surface area (Å²) in [6.07, 6.45) is 1.29. The first-order valence-electron chi connectivity index (χ1n) is 7.64. The number of hydrogen-bond donors (Lipinski definition) is 2. The molecule has 5 nitrogen and oxygen atoms in total. The molecule has 2 N–H and O–H groups in total. The van der Waals surface area contributed by atoms with E-state index < -0.39 is 5.54 Å².